The number of likely N-dealkylation sites (tertiary alicyclic amines) is 1. The van der Waals surface area contributed by atoms with Gasteiger partial charge in [0.1, 0.15) is 5.75 Å². The number of amides is 1. The highest BCUT2D eigenvalue weighted by Gasteiger charge is 2.60. The van der Waals surface area contributed by atoms with Gasteiger partial charge in [0.25, 0.3) is 5.91 Å². The van der Waals surface area contributed by atoms with E-state index < -0.39 is 0 Å². The number of aromatic nitrogens is 1. The van der Waals surface area contributed by atoms with Crippen molar-refractivity contribution in [3.63, 3.8) is 0 Å². The second-order valence-electron chi connectivity index (χ2n) is 7.63. The van der Waals surface area contributed by atoms with Crippen molar-refractivity contribution in [2.75, 3.05) is 6.54 Å². The molecule has 5 rings (SSSR count). The molecule has 1 amide bonds. The summed E-state index contributed by atoms with van der Waals surface area (Å²) in [6, 6.07) is 19.4. The lowest BCUT2D eigenvalue weighted by Crippen LogP contribution is -2.35. The van der Waals surface area contributed by atoms with Gasteiger partial charge in [-0.2, -0.15) is 5.26 Å². The Balaban J connectivity index is 1.34. The third-order valence-electron chi connectivity index (χ3n) is 5.91. The van der Waals surface area contributed by atoms with Crippen molar-refractivity contribution in [3.05, 3.63) is 78.6 Å². The maximum absolute atomic E-state index is 12.9. The average Bonchev–Trinajstić information content (AvgIpc) is 3.42. The van der Waals surface area contributed by atoms with Crippen LogP contribution in [0.1, 0.15) is 17.3 Å². The number of pyridine rings is 1. The average molecular weight is 396 g/mol. The predicted octanol–water partition coefficient (Wildman–Crippen LogP) is 3.92. The van der Waals surface area contributed by atoms with Crippen molar-refractivity contribution in [2.24, 2.45) is 0 Å². The fourth-order valence-electron chi connectivity index (χ4n) is 4.28. The number of hydrogen-bond acceptors (Lipinski definition) is 5. The summed E-state index contributed by atoms with van der Waals surface area (Å²) in [6.07, 6.45) is 5.62. The molecule has 3 heterocycles. The van der Waals surface area contributed by atoms with Crippen molar-refractivity contribution in [3.8, 4) is 28.8 Å². The lowest BCUT2D eigenvalue weighted by atomic mass is 10.0. The molecular formula is C24H20N4O2. The first kappa shape index (κ1) is 18.2. The zero-order chi connectivity index (χ0) is 20.7. The molecule has 6 nitrogen and oxygen atoms in total. The van der Waals surface area contributed by atoms with Crippen LogP contribution in [0.5, 0.6) is 11.5 Å². The van der Waals surface area contributed by atoms with Gasteiger partial charge in [-0.25, -0.2) is 0 Å². The highest BCUT2D eigenvalue weighted by molar-refractivity contribution is 5.97. The Morgan fingerprint density at radius 3 is 2.57 bits per heavy atom. The minimum absolute atomic E-state index is 0.0245. The van der Waals surface area contributed by atoms with Crippen LogP contribution in [0.2, 0.25) is 0 Å². The summed E-state index contributed by atoms with van der Waals surface area (Å²) < 4.78 is 6.00. The van der Waals surface area contributed by atoms with Crippen LogP contribution in [0, 0.1) is 11.5 Å². The highest BCUT2D eigenvalue weighted by atomic mass is 16.5. The van der Waals surface area contributed by atoms with Crippen molar-refractivity contribution in [2.45, 2.75) is 25.0 Å². The number of benzene rings is 2. The van der Waals surface area contributed by atoms with Crippen molar-refractivity contribution < 1.29 is 9.53 Å². The van der Waals surface area contributed by atoms with Gasteiger partial charge in [0.05, 0.1) is 30.9 Å². The van der Waals surface area contributed by atoms with Crippen molar-refractivity contribution in [1.82, 2.24) is 14.8 Å². The molecule has 2 unspecified atom stereocenters. The molecule has 30 heavy (non-hydrogen) atoms. The number of fused-ring (bicyclic) bond motifs is 1. The van der Waals surface area contributed by atoms with E-state index in [1.165, 1.54) is 0 Å². The van der Waals surface area contributed by atoms with Gasteiger partial charge in [0, 0.05) is 17.3 Å². The maximum atomic E-state index is 12.9. The van der Waals surface area contributed by atoms with E-state index in [1.807, 2.05) is 72.5 Å². The quantitative estimate of drug-likeness (QED) is 0.494. The van der Waals surface area contributed by atoms with Crippen LogP contribution in [0.4, 0.5) is 0 Å². The molecule has 1 aromatic heterocycles. The number of carbonyl (C=O) groups is 1. The SMILES string of the molecule is CC1[C@H]2C(CN1C#N)N2C(=O)c1ccc(-c2ccncc2Oc2ccccc2)cc1. The van der Waals surface area contributed by atoms with Crippen molar-refractivity contribution >= 4 is 5.91 Å². The van der Waals surface area contributed by atoms with Crippen LogP contribution in [0.15, 0.2) is 73.1 Å². The van der Waals surface area contributed by atoms with E-state index in [2.05, 4.69) is 11.2 Å². The van der Waals surface area contributed by atoms with E-state index in [0.717, 1.165) is 16.9 Å². The Morgan fingerprint density at radius 2 is 1.90 bits per heavy atom. The predicted molar refractivity (Wildman–Crippen MR) is 112 cm³/mol. The lowest BCUT2D eigenvalue weighted by Gasteiger charge is -2.21. The molecule has 2 saturated heterocycles. The summed E-state index contributed by atoms with van der Waals surface area (Å²) in [4.78, 5) is 20.7. The Kier molecular flexibility index (Phi) is 4.36. The zero-order valence-electron chi connectivity index (χ0n) is 16.5. The van der Waals surface area contributed by atoms with E-state index in [4.69, 9.17) is 10.00 Å². The number of piperazine rings is 1. The smallest absolute Gasteiger partial charge is 0.254 e. The van der Waals surface area contributed by atoms with Crippen LogP contribution in [0.3, 0.4) is 0 Å². The van der Waals surface area contributed by atoms with Gasteiger partial charge >= 0.3 is 0 Å². The molecule has 148 valence electrons. The molecule has 2 aliphatic rings. The summed E-state index contributed by atoms with van der Waals surface area (Å²) >= 11 is 0. The molecule has 6 heteroatoms. The van der Waals surface area contributed by atoms with Gasteiger partial charge < -0.3 is 14.5 Å². The molecular weight excluding hydrogens is 376 g/mol. The van der Waals surface area contributed by atoms with Gasteiger partial charge in [-0.15, -0.1) is 0 Å². The third-order valence-corrected chi connectivity index (χ3v) is 5.91. The maximum Gasteiger partial charge on any atom is 0.254 e. The lowest BCUT2D eigenvalue weighted by molar-refractivity contribution is 0.0832. The van der Waals surface area contributed by atoms with Gasteiger partial charge in [-0.1, -0.05) is 30.3 Å². The Bertz CT molecular complexity index is 1120. The normalized spacial score (nSPS) is 21.7. The van der Waals surface area contributed by atoms with Crippen LogP contribution >= 0.6 is 0 Å². The summed E-state index contributed by atoms with van der Waals surface area (Å²) in [5.41, 5.74) is 2.52. The number of carbonyl (C=O) groups excluding carboxylic acids is 1. The van der Waals surface area contributed by atoms with E-state index in [9.17, 15) is 4.79 Å². The Morgan fingerprint density at radius 1 is 1.13 bits per heavy atom. The molecule has 0 saturated carbocycles. The van der Waals surface area contributed by atoms with Crippen LogP contribution in [-0.4, -0.2) is 45.4 Å². The molecule has 2 fully saturated rings. The van der Waals surface area contributed by atoms with E-state index in [1.54, 1.807) is 17.3 Å². The van der Waals surface area contributed by atoms with Gasteiger partial charge in [-0.3, -0.25) is 9.78 Å². The van der Waals surface area contributed by atoms with Gasteiger partial charge in [0.2, 0.25) is 0 Å². The minimum atomic E-state index is 0.0245. The second kappa shape index (κ2) is 7.20. The molecule has 2 aromatic carbocycles. The Hall–Kier alpha value is -3.85. The van der Waals surface area contributed by atoms with Crippen LogP contribution in [-0.2, 0) is 0 Å². The molecule has 0 radical (unpaired) electrons. The first-order valence-corrected chi connectivity index (χ1v) is 9.94. The summed E-state index contributed by atoms with van der Waals surface area (Å²) in [7, 11) is 0. The van der Waals surface area contributed by atoms with E-state index in [0.29, 0.717) is 17.9 Å². The molecule has 0 spiro atoms. The second-order valence-corrected chi connectivity index (χ2v) is 7.63. The van der Waals surface area contributed by atoms with E-state index in [-0.39, 0.29) is 24.0 Å². The molecule has 0 aliphatic carbocycles. The molecule has 0 N–H and O–H groups in total. The molecule has 0 bridgehead atoms. The number of nitrogens with zero attached hydrogens (tertiary/aromatic N) is 4. The summed E-state index contributed by atoms with van der Waals surface area (Å²) in [6.45, 7) is 2.63. The summed E-state index contributed by atoms with van der Waals surface area (Å²) in [5.74, 6) is 1.43. The number of nitriles is 1. The topological polar surface area (TPSA) is 69.2 Å². The third kappa shape index (κ3) is 3.05. The molecule has 3 atom stereocenters. The van der Waals surface area contributed by atoms with Gasteiger partial charge in [0.15, 0.2) is 11.9 Å². The Labute approximate surface area is 174 Å². The van der Waals surface area contributed by atoms with Crippen LogP contribution in [0.25, 0.3) is 11.1 Å². The van der Waals surface area contributed by atoms with Crippen LogP contribution < -0.4 is 4.74 Å². The highest BCUT2D eigenvalue weighted by Crippen LogP contribution is 2.41. The number of para-hydroxylation sites is 1. The first-order valence-electron chi connectivity index (χ1n) is 9.94. The molecule has 3 aromatic rings. The monoisotopic (exact) mass is 396 g/mol. The van der Waals surface area contributed by atoms with E-state index >= 15 is 0 Å². The fraction of sp³-hybridized carbons (Fsp3) is 0.208. The van der Waals surface area contributed by atoms with Crippen molar-refractivity contribution in [1.29, 1.82) is 5.26 Å². The minimum Gasteiger partial charge on any atom is -0.455 e. The van der Waals surface area contributed by atoms with Gasteiger partial charge in [-0.05, 0) is 42.8 Å². The standard InChI is InChI=1S/C24H20N4O2/c1-16-23-21(14-27(16)15-25)28(23)24(29)18-9-7-17(8-10-18)20-11-12-26-13-22(20)30-19-5-3-2-4-6-19/h2-13,16,21,23H,14H2,1H3/t16?,21?,23-,28?/m0/s1. The largest absolute Gasteiger partial charge is 0.455 e. The summed E-state index contributed by atoms with van der Waals surface area (Å²) in [5, 5.41) is 9.13. The zero-order valence-corrected chi connectivity index (χ0v) is 16.5. The number of rotatable bonds is 4. The number of hydrogen-bond donors (Lipinski definition) is 0. The number of ether oxygens (including phenoxy) is 1. The fourth-order valence-corrected chi connectivity index (χ4v) is 4.28. The molecule has 2 aliphatic heterocycles. The first-order chi connectivity index (χ1) is 14.7.